The first-order valence-corrected chi connectivity index (χ1v) is 5.93. The maximum absolute atomic E-state index is 6.15. The van der Waals surface area contributed by atoms with Crippen LogP contribution in [-0.2, 0) is 6.42 Å². The van der Waals surface area contributed by atoms with Crippen molar-refractivity contribution in [1.82, 2.24) is 0 Å². The largest absolute Gasteiger partial charge is 0.465 e. The van der Waals surface area contributed by atoms with Crippen molar-refractivity contribution in [3.8, 4) is 0 Å². The van der Waals surface area contributed by atoms with Gasteiger partial charge in [0.25, 0.3) is 0 Å². The van der Waals surface area contributed by atoms with Gasteiger partial charge in [0, 0.05) is 0 Å². The van der Waals surface area contributed by atoms with E-state index < -0.39 is 0 Å². The Bertz CT molecular complexity index is 493. The van der Waals surface area contributed by atoms with Crippen molar-refractivity contribution >= 4 is 0 Å². The number of nitrogens with two attached hydrogens (primary N) is 1. The van der Waals surface area contributed by atoms with Gasteiger partial charge < -0.3 is 10.2 Å². The molecule has 0 fully saturated rings. The summed E-state index contributed by atoms with van der Waals surface area (Å²) in [7, 11) is 0. The van der Waals surface area contributed by atoms with E-state index in [1.165, 1.54) is 16.7 Å². The zero-order valence-corrected chi connectivity index (χ0v) is 10.7. The van der Waals surface area contributed by atoms with Crippen LogP contribution in [0, 0.1) is 20.8 Å². The van der Waals surface area contributed by atoms with Crippen molar-refractivity contribution in [3.05, 3.63) is 58.5 Å². The minimum Gasteiger partial charge on any atom is -0.465 e. The highest BCUT2D eigenvalue weighted by molar-refractivity contribution is 5.29. The molecular weight excluding hydrogens is 210 g/mol. The Hall–Kier alpha value is -1.54. The molecule has 0 spiro atoms. The van der Waals surface area contributed by atoms with Crippen molar-refractivity contribution in [1.29, 1.82) is 0 Å². The molecule has 1 heterocycles. The molecule has 1 unspecified atom stereocenters. The molecule has 0 amide bonds. The molecule has 2 aromatic rings. The molecular formula is C15H19NO. The van der Waals surface area contributed by atoms with Crippen LogP contribution in [0.25, 0.3) is 0 Å². The van der Waals surface area contributed by atoms with Crippen LogP contribution in [0.2, 0.25) is 0 Å². The molecule has 90 valence electrons. The van der Waals surface area contributed by atoms with E-state index in [9.17, 15) is 0 Å². The van der Waals surface area contributed by atoms with Gasteiger partial charge in [0.05, 0.1) is 6.04 Å². The first-order chi connectivity index (χ1) is 8.04. The molecule has 17 heavy (non-hydrogen) atoms. The fourth-order valence-electron chi connectivity index (χ4n) is 2.19. The molecule has 0 aliphatic rings. The van der Waals surface area contributed by atoms with Crippen LogP contribution in [0.1, 0.15) is 34.3 Å². The molecule has 1 aromatic heterocycles. The summed E-state index contributed by atoms with van der Waals surface area (Å²) in [5, 5.41) is 0. The van der Waals surface area contributed by atoms with Gasteiger partial charge in [0.2, 0.25) is 0 Å². The number of rotatable bonds is 3. The fraction of sp³-hybridized carbons (Fsp3) is 0.333. The highest BCUT2D eigenvalue weighted by atomic mass is 16.3. The summed E-state index contributed by atoms with van der Waals surface area (Å²) >= 11 is 0. The van der Waals surface area contributed by atoms with Gasteiger partial charge in [-0.3, -0.25) is 0 Å². The average molecular weight is 229 g/mol. The predicted molar refractivity (Wildman–Crippen MR) is 70.0 cm³/mol. The van der Waals surface area contributed by atoms with Crippen LogP contribution in [-0.4, -0.2) is 0 Å². The second kappa shape index (κ2) is 4.76. The van der Waals surface area contributed by atoms with E-state index in [1.54, 1.807) is 0 Å². The Morgan fingerprint density at radius 3 is 2.24 bits per heavy atom. The molecule has 0 saturated heterocycles. The summed E-state index contributed by atoms with van der Waals surface area (Å²) in [6.07, 6.45) is 0.815. The van der Waals surface area contributed by atoms with E-state index in [2.05, 4.69) is 32.0 Å². The van der Waals surface area contributed by atoms with Gasteiger partial charge in [0.1, 0.15) is 11.5 Å². The molecule has 1 atom stereocenters. The predicted octanol–water partition coefficient (Wildman–Crippen LogP) is 3.45. The molecule has 0 aliphatic carbocycles. The Kier molecular flexibility index (Phi) is 3.34. The quantitative estimate of drug-likeness (QED) is 0.875. The van der Waals surface area contributed by atoms with Crippen molar-refractivity contribution < 1.29 is 4.42 Å². The highest BCUT2D eigenvalue weighted by Crippen LogP contribution is 2.19. The maximum Gasteiger partial charge on any atom is 0.121 e. The maximum atomic E-state index is 6.15. The second-order valence-electron chi connectivity index (χ2n) is 4.75. The van der Waals surface area contributed by atoms with Crippen molar-refractivity contribution in [3.63, 3.8) is 0 Å². The van der Waals surface area contributed by atoms with Crippen LogP contribution in [0.5, 0.6) is 0 Å². The van der Waals surface area contributed by atoms with E-state index in [0.29, 0.717) is 0 Å². The van der Waals surface area contributed by atoms with Gasteiger partial charge >= 0.3 is 0 Å². The third-order valence-electron chi connectivity index (χ3n) is 2.86. The van der Waals surface area contributed by atoms with Crippen LogP contribution in [0.4, 0.5) is 0 Å². The Labute approximate surface area is 102 Å². The molecule has 2 N–H and O–H groups in total. The van der Waals surface area contributed by atoms with Crippen LogP contribution in [0.15, 0.2) is 34.7 Å². The van der Waals surface area contributed by atoms with Gasteiger partial charge in [-0.2, -0.15) is 0 Å². The third kappa shape index (κ3) is 2.98. The standard InChI is InChI=1S/C15H19NO/c1-10-6-11(2)8-13(7-10)9-14(16)15-5-4-12(3)17-15/h4-8,14H,9,16H2,1-3H3. The molecule has 0 aliphatic heterocycles. The summed E-state index contributed by atoms with van der Waals surface area (Å²) in [6.45, 7) is 6.16. The number of aryl methyl sites for hydroxylation is 3. The molecule has 2 heteroatoms. The molecule has 2 nitrogen and oxygen atoms in total. The summed E-state index contributed by atoms with van der Waals surface area (Å²) in [4.78, 5) is 0. The summed E-state index contributed by atoms with van der Waals surface area (Å²) < 4.78 is 5.55. The van der Waals surface area contributed by atoms with E-state index in [-0.39, 0.29) is 6.04 Å². The summed E-state index contributed by atoms with van der Waals surface area (Å²) in [5.41, 5.74) is 9.98. The monoisotopic (exact) mass is 229 g/mol. The number of furan rings is 1. The van der Waals surface area contributed by atoms with Crippen molar-refractivity contribution in [2.24, 2.45) is 5.73 Å². The summed E-state index contributed by atoms with van der Waals surface area (Å²) in [5.74, 6) is 1.78. The number of benzene rings is 1. The molecule has 1 aromatic carbocycles. The highest BCUT2D eigenvalue weighted by Gasteiger charge is 2.11. The minimum atomic E-state index is -0.0649. The Morgan fingerprint density at radius 2 is 1.71 bits per heavy atom. The minimum absolute atomic E-state index is 0.0649. The van der Waals surface area contributed by atoms with Gasteiger partial charge in [-0.25, -0.2) is 0 Å². The lowest BCUT2D eigenvalue weighted by Crippen LogP contribution is -2.12. The van der Waals surface area contributed by atoms with Gasteiger partial charge in [-0.05, 0) is 44.9 Å². The molecule has 0 saturated carbocycles. The number of hydrogen-bond donors (Lipinski definition) is 1. The zero-order chi connectivity index (χ0) is 12.4. The molecule has 0 radical (unpaired) electrons. The molecule has 2 rings (SSSR count). The van der Waals surface area contributed by atoms with Crippen LogP contribution >= 0.6 is 0 Å². The van der Waals surface area contributed by atoms with Crippen LogP contribution in [0.3, 0.4) is 0 Å². The lowest BCUT2D eigenvalue weighted by Gasteiger charge is -2.10. The first-order valence-electron chi connectivity index (χ1n) is 5.93. The van der Waals surface area contributed by atoms with Crippen molar-refractivity contribution in [2.45, 2.75) is 33.2 Å². The average Bonchev–Trinajstić information content (AvgIpc) is 2.63. The zero-order valence-electron chi connectivity index (χ0n) is 10.7. The third-order valence-corrected chi connectivity index (χ3v) is 2.86. The first kappa shape index (κ1) is 11.9. The SMILES string of the molecule is Cc1cc(C)cc(CC(N)c2ccc(C)o2)c1. The number of hydrogen-bond acceptors (Lipinski definition) is 2. The normalized spacial score (nSPS) is 12.7. The van der Waals surface area contributed by atoms with E-state index in [1.807, 2.05) is 19.1 Å². The topological polar surface area (TPSA) is 39.2 Å². The second-order valence-corrected chi connectivity index (χ2v) is 4.75. The Morgan fingerprint density at radius 1 is 1.06 bits per heavy atom. The summed E-state index contributed by atoms with van der Waals surface area (Å²) in [6, 6.07) is 10.4. The lowest BCUT2D eigenvalue weighted by molar-refractivity contribution is 0.445. The van der Waals surface area contributed by atoms with Gasteiger partial charge in [0.15, 0.2) is 0 Å². The van der Waals surface area contributed by atoms with E-state index >= 15 is 0 Å². The van der Waals surface area contributed by atoms with Crippen LogP contribution < -0.4 is 5.73 Å². The van der Waals surface area contributed by atoms with Gasteiger partial charge in [-0.15, -0.1) is 0 Å². The molecule has 0 bridgehead atoms. The smallest absolute Gasteiger partial charge is 0.121 e. The lowest BCUT2D eigenvalue weighted by atomic mass is 10.0. The van der Waals surface area contributed by atoms with Crippen molar-refractivity contribution in [2.75, 3.05) is 0 Å². The van der Waals surface area contributed by atoms with E-state index in [4.69, 9.17) is 10.2 Å². The Balaban J connectivity index is 2.15. The van der Waals surface area contributed by atoms with E-state index in [0.717, 1.165) is 17.9 Å². The van der Waals surface area contributed by atoms with Gasteiger partial charge in [-0.1, -0.05) is 29.3 Å². The fourth-order valence-corrected chi connectivity index (χ4v) is 2.19.